The molecule has 1 saturated heterocycles. The first-order chi connectivity index (χ1) is 13.0. The van der Waals surface area contributed by atoms with Crippen LogP contribution in [0.3, 0.4) is 0 Å². The number of carbonyl (C=O) groups excluding carboxylic acids is 2. The number of carbonyl (C=O) groups is 2. The van der Waals surface area contributed by atoms with Crippen LogP contribution in [0.5, 0.6) is 0 Å². The smallest absolute Gasteiger partial charge is 0.410 e. The predicted molar refractivity (Wildman–Crippen MR) is 104 cm³/mol. The summed E-state index contributed by atoms with van der Waals surface area (Å²) >= 11 is 3.18. The average molecular weight is 459 g/mol. The Bertz CT molecular complexity index is 767. The summed E-state index contributed by atoms with van der Waals surface area (Å²) in [6.45, 7) is 5.99. The molecule has 2 rings (SSSR count). The second-order valence-electron chi connectivity index (χ2n) is 7.31. The lowest BCUT2D eigenvalue weighted by atomic mass is 10.1. The van der Waals surface area contributed by atoms with E-state index in [0.29, 0.717) is 4.47 Å². The molecule has 154 valence electrons. The van der Waals surface area contributed by atoms with E-state index in [1.165, 1.54) is 24.3 Å². The van der Waals surface area contributed by atoms with Crippen molar-refractivity contribution in [1.82, 2.24) is 9.88 Å². The lowest BCUT2D eigenvalue weighted by Crippen LogP contribution is -2.56. The Balaban J connectivity index is 2.31. The molecule has 10 nitrogen and oxygen atoms in total. The summed E-state index contributed by atoms with van der Waals surface area (Å²) in [5, 5.41) is 11.5. The maximum atomic E-state index is 12.4. The Kier molecular flexibility index (Phi) is 6.81. The van der Waals surface area contributed by atoms with Crippen molar-refractivity contribution >= 4 is 39.5 Å². The molecule has 28 heavy (non-hydrogen) atoms. The zero-order valence-corrected chi connectivity index (χ0v) is 17.8. The highest BCUT2D eigenvalue weighted by molar-refractivity contribution is 9.10. The van der Waals surface area contributed by atoms with Crippen LogP contribution in [-0.2, 0) is 14.3 Å². The summed E-state index contributed by atoms with van der Waals surface area (Å²) in [5.41, 5.74) is -0.840. The van der Waals surface area contributed by atoms with Gasteiger partial charge in [0.1, 0.15) is 5.60 Å². The fourth-order valence-corrected chi connectivity index (χ4v) is 3.17. The Hall–Kier alpha value is -2.43. The van der Waals surface area contributed by atoms with Crippen molar-refractivity contribution in [2.75, 3.05) is 31.6 Å². The molecule has 11 heteroatoms. The van der Waals surface area contributed by atoms with E-state index >= 15 is 0 Å². The molecule has 1 atom stereocenters. The van der Waals surface area contributed by atoms with Gasteiger partial charge >= 0.3 is 17.7 Å². The molecule has 1 aliphatic rings. The van der Waals surface area contributed by atoms with E-state index in [4.69, 9.17) is 9.47 Å². The highest BCUT2D eigenvalue weighted by Crippen LogP contribution is 2.32. The summed E-state index contributed by atoms with van der Waals surface area (Å²) in [4.78, 5) is 42.6. The number of esters is 1. The quantitative estimate of drug-likeness (QED) is 0.384. The third kappa shape index (κ3) is 5.54. The number of rotatable bonds is 4. The van der Waals surface area contributed by atoms with Crippen molar-refractivity contribution in [1.29, 1.82) is 0 Å². The molecule has 0 spiro atoms. The van der Waals surface area contributed by atoms with E-state index in [-0.39, 0.29) is 37.6 Å². The third-order valence-corrected chi connectivity index (χ3v) is 4.48. The van der Waals surface area contributed by atoms with Crippen molar-refractivity contribution in [3.05, 3.63) is 26.9 Å². The molecule has 1 aromatic rings. The van der Waals surface area contributed by atoms with Gasteiger partial charge in [-0.15, -0.1) is 0 Å². The van der Waals surface area contributed by atoms with Gasteiger partial charge in [-0.25, -0.2) is 9.78 Å². The first-order valence-electron chi connectivity index (χ1n) is 8.63. The number of nitrogens with zero attached hydrogens (tertiary/aromatic N) is 4. The van der Waals surface area contributed by atoms with Gasteiger partial charge in [0, 0.05) is 36.4 Å². The van der Waals surface area contributed by atoms with Crippen LogP contribution in [0.25, 0.3) is 0 Å². The van der Waals surface area contributed by atoms with Gasteiger partial charge in [-0.2, -0.15) is 0 Å². The Labute approximate surface area is 171 Å². The lowest BCUT2D eigenvalue weighted by Gasteiger charge is -2.41. The standard InChI is InChI=1S/C17H23BrN4O6/c1-17(2,3)28-16(24)20-5-6-21(12(10-20)8-14(23)27-4)15-13(22(25)26)7-11(18)9-19-15/h7,9,12H,5-6,8,10H2,1-4H3. The largest absolute Gasteiger partial charge is 0.469 e. The molecular formula is C17H23BrN4O6. The van der Waals surface area contributed by atoms with Crippen LogP contribution in [0.2, 0.25) is 0 Å². The van der Waals surface area contributed by atoms with Gasteiger partial charge in [0.25, 0.3) is 0 Å². The van der Waals surface area contributed by atoms with Crippen LogP contribution in [-0.4, -0.2) is 65.3 Å². The normalized spacial score (nSPS) is 17.2. The van der Waals surface area contributed by atoms with E-state index < -0.39 is 28.6 Å². The minimum Gasteiger partial charge on any atom is -0.469 e. The molecule has 1 aliphatic heterocycles. The van der Waals surface area contributed by atoms with Gasteiger partial charge in [-0.05, 0) is 36.7 Å². The molecule has 0 saturated carbocycles. The molecule has 1 amide bonds. The van der Waals surface area contributed by atoms with E-state index in [0.717, 1.165) is 0 Å². The van der Waals surface area contributed by atoms with Crippen LogP contribution in [0.15, 0.2) is 16.7 Å². The van der Waals surface area contributed by atoms with Gasteiger partial charge in [0.2, 0.25) is 5.82 Å². The zero-order valence-electron chi connectivity index (χ0n) is 16.2. The van der Waals surface area contributed by atoms with E-state index in [1.807, 2.05) is 0 Å². The Morgan fingerprint density at radius 3 is 2.64 bits per heavy atom. The van der Waals surface area contributed by atoms with Gasteiger partial charge < -0.3 is 19.3 Å². The highest BCUT2D eigenvalue weighted by atomic mass is 79.9. The van der Waals surface area contributed by atoms with Crippen LogP contribution in [0, 0.1) is 10.1 Å². The minimum absolute atomic E-state index is 0.0509. The number of methoxy groups -OCH3 is 1. The monoisotopic (exact) mass is 458 g/mol. The van der Waals surface area contributed by atoms with Crippen molar-refractivity contribution in [3.63, 3.8) is 0 Å². The molecule has 2 heterocycles. The number of hydrogen-bond donors (Lipinski definition) is 0. The van der Waals surface area contributed by atoms with Crippen molar-refractivity contribution in [2.45, 2.75) is 38.8 Å². The maximum absolute atomic E-state index is 12.4. The highest BCUT2D eigenvalue weighted by Gasteiger charge is 2.36. The maximum Gasteiger partial charge on any atom is 0.410 e. The number of anilines is 1. The van der Waals surface area contributed by atoms with E-state index in [9.17, 15) is 19.7 Å². The predicted octanol–water partition coefficient (Wildman–Crippen LogP) is 2.74. The second-order valence-corrected chi connectivity index (χ2v) is 8.22. The molecule has 0 radical (unpaired) electrons. The van der Waals surface area contributed by atoms with Gasteiger partial charge in [-0.3, -0.25) is 14.9 Å². The SMILES string of the molecule is COC(=O)CC1CN(C(=O)OC(C)(C)C)CCN1c1ncc(Br)cc1[N+](=O)[O-]. The van der Waals surface area contributed by atoms with Crippen molar-refractivity contribution in [2.24, 2.45) is 0 Å². The number of amides is 1. The first-order valence-corrected chi connectivity index (χ1v) is 9.42. The number of piperazine rings is 1. The average Bonchev–Trinajstić information content (AvgIpc) is 2.60. The zero-order chi connectivity index (χ0) is 21.1. The molecule has 1 aromatic heterocycles. The molecule has 0 bridgehead atoms. The Morgan fingerprint density at radius 2 is 2.07 bits per heavy atom. The number of ether oxygens (including phenoxy) is 2. The number of pyridine rings is 1. The lowest BCUT2D eigenvalue weighted by molar-refractivity contribution is -0.384. The summed E-state index contributed by atoms with van der Waals surface area (Å²) < 4.78 is 10.6. The van der Waals surface area contributed by atoms with Crippen molar-refractivity contribution < 1.29 is 24.0 Å². The summed E-state index contributed by atoms with van der Waals surface area (Å²) in [5.74, 6) is -0.341. The second kappa shape index (κ2) is 8.72. The minimum atomic E-state index is -0.655. The first kappa shape index (κ1) is 21.9. The van der Waals surface area contributed by atoms with Crippen LogP contribution in [0.4, 0.5) is 16.3 Å². The van der Waals surface area contributed by atoms with Gasteiger partial charge in [0.15, 0.2) is 0 Å². The third-order valence-electron chi connectivity index (χ3n) is 4.05. The van der Waals surface area contributed by atoms with Crippen LogP contribution in [0.1, 0.15) is 27.2 Å². The summed E-state index contributed by atoms with van der Waals surface area (Å²) in [6.07, 6.45) is 0.905. The summed E-state index contributed by atoms with van der Waals surface area (Å²) in [7, 11) is 1.27. The molecule has 1 fully saturated rings. The number of hydrogen-bond acceptors (Lipinski definition) is 8. The summed E-state index contributed by atoms with van der Waals surface area (Å²) in [6, 6.07) is 0.818. The van der Waals surface area contributed by atoms with E-state index in [2.05, 4.69) is 20.9 Å². The molecular weight excluding hydrogens is 436 g/mol. The molecule has 0 aromatic carbocycles. The Morgan fingerprint density at radius 1 is 1.39 bits per heavy atom. The topological polar surface area (TPSA) is 115 Å². The molecule has 0 aliphatic carbocycles. The number of aromatic nitrogens is 1. The van der Waals surface area contributed by atoms with Gasteiger partial charge in [0.05, 0.1) is 24.5 Å². The van der Waals surface area contributed by atoms with E-state index in [1.54, 1.807) is 25.7 Å². The molecule has 0 N–H and O–H groups in total. The molecule has 1 unspecified atom stereocenters. The number of nitro groups is 1. The van der Waals surface area contributed by atoms with Crippen LogP contribution < -0.4 is 4.90 Å². The van der Waals surface area contributed by atoms with Crippen molar-refractivity contribution in [3.8, 4) is 0 Å². The fraction of sp³-hybridized carbons (Fsp3) is 0.588. The van der Waals surface area contributed by atoms with Gasteiger partial charge in [-0.1, -0.05) is 0 Å². The number of halogens is 1. The van der Waals surface area contributed by atoms with Crippen LogP contribution >= 0.6 is 15.9 Å². The fourth-order valence-electron chi connectivity index (χ4n) is 2.85.